The van der Waals surface area contributed by atoms with Crippen molar-refractivity contribution in [3.8, 4) is 0 Å². The molecule has 15 heavy (non-hydrogen) atoms. The van der Waals surface area contributed by atoms with Crippen LogP contribution >= 0.6 is 0 Å². The number of hydrogen-bond acceptors (Lipinski definition) is 1. The average Bonchev–Trinajstić information content (AvgIpc) is 2.25. The van der Waals surface area contributed by atoms with Gasteiger partial charge in [0.25, 0.3) is 0 Å². The van der Waals surface area contributed by atoms with E-state index in [0.29, 0.717) is 12.6 Å². The molecule has 1 aromatic carbocycles. The molecule has 0 fully saturated rings. The van der Waals surface area contributed by atoms with E-state index in [4.69, 9.17) is 0 Å². The van der Waals surface area contributed by atoms with Gasteiger partial charge in [0.15, 0.2) is 0 Å². The molecule has 1 N–H and O–H groups in total. The van der Waals surface area contributed by atoms with Crippen molar-refractivity contribution in [2.24, 2.45) is 0 Å². The minimum atomic E-state index is -0.138. The van der Waals surface area contributed by atoms with E-state index < -0.39 is 0 Å². The summed E-state index contributed by atoms with van der Waals surface area (Å²) in [6, 6.07) is 7.25. The molecule has 0 aliphatic heterocycles. The van der Waals surface area contributed by atoms with Gasteiger partial charge in [0.05, 0.1) is 0 Å². The minimum Gasteiger partial charge on any atom is -0.310 e. The van der Waals surface area contributed by atoms with Crippen molar-refractivity contribution in [2.75, 3.05) is 0 Å². The molecule has 0 amide bonds. The highest BCUT2D eigenvalue weighted by Gasteiger charge is 2.03. The van der Waals surface area contributed by atoms with Crippen LogP contribution in [-0.4, -0.2) is 6.04 Å². The van der Waals surface area contributed by atoms with Crippen LogP contribution in [0.5, 0.6) is 0 Å². The summed E-state index contributed by atoms with van der Waals surface area (Å²) >= 11 is 0. The summed E-state index contributed by atoms with van der Waals surface area (Å²) in [5, 5.41) is 3.29. The molecule has 0 aliphatic carbocycles. The Morgan fingerprint density at radius 3 is 2.87 bits per heavy atom. The molecule has 1 atom stereocenters. The summed E-state index contributed by atoms with van der Waals surface area (Å²) in [6.07, 6.45) is 3.94. The number of allylic oxidation sites excluding steroid dienone is 1. The maximum absolute atomic E-state index is 13.2. The largest absolute Gasteiger partial charge is 0.310 e. The topological polar surface area (TPSA) is 12.0 Å². The number of rotatable bonds is 6. The van der Waals surface area contributed by atoms with Crippen molar-refractivity contribution in [3.63, 3.8) is 0 Å². The van der Waals surface area contributed by atoms with E-state index in [1.165, 1.54) is 6.07 Å². The third-order valence-electron chi connectivity index (χ3n) is 2.40. The molecular formula is C13H18FN. The zero-order valence-corrected chi connectivity index (χ0v) is 9.17. The van der Waals surface area contributed by atoms with Crippen LogP contribution in [0.3, 0.4) is 0 Å². The number of nitrogens with one attached hydrogen (secondary N) is 1. The fourth-order valence-corrected chi connectivity index (χ4v) is 1.40. The maximum atomic E-state index is 13.2. The second-order valence-corrected chi connectivity index (χ2v) is 3.74. The van der Waals surface area contributed by atoms with Crippen molar-refractivity contribution in [2.45, 2.75) is 32.4 Å². The van der Waals surface area contributed by atoms with E-state index in [1.54, 1.807) is 6.07 Å². The van der Waals surface area contributed by atoms with Gasteiger partial charge >= 0.3 is 0 Å². The fourth-order valence-electron chi connectivity index (χ4n) is 1.40. The molecule has 0 radical (unpaired) electrons. The van der Waals surface area contributed by atoms with Crippen molar-refractivity contribution in [3.05, 3.63) is 48.3 Å². The zero-order valence-electron chi connectivity index (χ0n) is 9.17. The predicted octanol–water partition coefficient (Wildman–Crippen LogP) is 3.27. The predicted molar refractivity (Wildman–Crippen MR) is 62.1 cm³/mol. The lowest BCUT2D eigenvalue weighted by molar-refractivity contribution is 0.504. The second kappa shape index (κ2) is 6.36. The zero-order chi connectivity index (χ0) is 11.1. The summed E-state index contributed by atoms with van der Waals surface area (Å²) in [4.78, 5) is 0. The SMILES string of the molecule is C=CCC[C@@H](C)NCc1ccccc1F. The molecule has 82 valence electrons. The van der Waals surface area contributed by atoms with Gasteiger partial charge in [0, 0.05) is 18.2 Å². The molecule has 0 saturated heterocycles. The van der Waals surface area contributed by atoms with E-state index in [-0.39, 0.29) is 5.82 Å². The highest BCUT2D eigenvalue weighted by atomic mass is 19.1. The lowest BCUT2D eigenvalue weighted by Gasteiger charge is -2.12. The molecular weight excluding hydrogens is 189 g/mol. The van der Waals surface area contributed by atoms with Crippen molar-refractivity contribution < 1.29 is 4.39 Å². The van der Waals surface area contributed by atoms with E-state index in [0.717, 1.165) is 18.4 Å². The van der Waals surface area contributed by atoms with E-state index in [9.17, 15) is 4.39 Å². The molecule has 0 saturated carbocycles. The van der Waals surface area contributed by atoms with Crippen LogP contribution in [0, 0.1) is 5.82 Å². The quantitative estimate of drug-likeness (QED) is 0.706. The molecule has 0 bridgehead atoms. The lowest BCUT2D eigenvalue weighted by atomic mass is 10.1. The maximum Gasteiger partial charge on any atom is 0.127 e. The fraction of sp³-hybridized carbons (Fsp3) is 0.385. The molecule has 0 aromatic heterocycles. The van der Waals surface area contributed by atoms with Crippen LogP contribution in [0.1, 0.15) is 25.3 Å². The Morgan fingerprint density at radius 1 is 1.47 bits per heavy atom. The lowest BCUT2D eigenvalue weighted by Crippen LogP contribution is -2.25. The van der Waals surface area contributed by atoms with Crippen LogP contribution < -0.4 is 5.32 Å². The summed E-state index contributed by atoms with van der Waals surface area (Å²) in [5.74, 6) is -0.138. The van der Waals surface area contributed by atoms with E-state index in [2.05, 4.69) is 18.8 Å². The van der Waals surface area contributed by atoms with Gasteiger partial charge in [-0.1, -0.05) is 24.3 Å². The number of benzene rings is 1. The first-order valence-corrected chi connectivity index (χ1v) is 5.31. The van der Waals surface area contributed by atoms with Crippen molar-refractivity contribution in [1.29, 1.82) is 0 Å². The van der Waals surface area contributed by atoms with Gasteiger partial charge in [-0.05, 0) is 25.8 Å². The Morgan fingerprint density at radius 2 is 2.20 bits per heavy atom. The third-order valence-corrected chi connectivity index (χ3v) is 2.40. The highest BCUT2D eigenvalue weighted by molar-refractivity contribution is 5.16. The normalized spacial score (nSPS) is 12.4. The monoisotopic (exact) mass is 207 g/mol. The van der Waals surface area contributed by atoms with Crippen LogP contribution in [0.2, 0.25) is 0 Å². The molecule has 1 rings (SSSR count). The molecule has 1 nitrogen and oxygen atoms in total. The van der Waals surface area contributed by atoms with Gasteiger partial charge in [-0.2, -0.15) is 0 Å². The Hall–Kier alpha value is -1.15. The molecule has 2 heteroatoms. The van der Waals surface area contributed by atoms with E-state index in [1.807, 2.05) is 18.2 Å². The Labute approximate surface area is 91.0 Å². The standard InChI is InChI=1S/C13H18FN/c1-3-4-7-11(2)15-10-12-8-5-6-9-13(12)14/h3,5-6,8-9,11,15H,1,4,7,10H2,2H3/t11-/m1/s1. The smallest absolute Gasteiger partial charge is 0.127 e. The molecule has 0 aliphatic rings. The molecule has 0 unspecified atom stereocenters. The summed E-state index contributed by atoms with van der Waals surface area (Å²) in [7, 11) is 0. The van der Waals surface area contributed by atoms with Crippen LogP contribution in [0.4, 0.5) is 4.39 Å². The second-order valence-electron chi connectivity index (χ2n) is 3.74. The average molecular weight is 207 g/mol. The number of halogens is 1. The van der Waals surface area contributed by atoms with Crippen molar-refractivity contribution >= 4 is 0 Å². The van der Waals surface area contributed by atoms with Crippen LogP contribution in [0.15, 0.2) is 36.9 Å². The first-order valence-electron chi connectivity index (χ1n) is 5.31. The molecule has 1 aromatic rings. The van der Waals surface area contributed by atoms with Gasteiger partial charge in [0.2, 0.25) is 0 Å². The Bertz CT molecular complexity index is 309. The van der Waals surface area contributed by atoms with Gasteiger partial charge in [-0.3, -0.25) is 0 Å². The highest BCUT2D eigenvalue weighted by Crippen LogP contribution is 2.06. The Kier molecular flexibility index (Phi) is 5.05. The first-order chi connectivity index (χ1) is 7.24. The third kappa shape index (κ3) is 4.26. The minimum absolute atomic E-state index is 0.138. The van der Waals surface area contributed by atoms with Gasteiger partial charge in [-0.25, -0.2) is 4.39 Å². The van der Waals surface area contributed by atoms with Crippen LogP contribution in [0.25, 0.3) is 0 Å². The van der Waals surface area contributed by atoms with Gasteiger partial charge < -0.3 is 5.32 Å². The first kappa shape index (κ1) is 11.9. The van der Waals surface area contributed by atoms with E-state index >= 15 is 0 Å². The molecule has 0 heterocycles. The van der Waals surface area contributed by atoms with Crippen LogP contribution in [-0.2, 0) is 6.54 Å². The Balaban J connectivity index is 2.36. The summed E-state index contributed by atoms with van der Waals surface area (Å²) in [5.41, 5.74) is 0.725. The van der Waals surface area contributed by atoms with Crippen molar-refractivity contribution in [1.82, 2.24) is 5.32 Å². The summed E-state index contributed by atoms with van der Waals surface area (Å²) in [6.45, 7) is 6.37. The van der Waals surface area contributed by atoms with Gasteiger partial charge in [-0.15, -0.1) is 6.58 Å². The summed E-state index contributed by atoms with van der Waals surface area (Å²) < 4.78 is 13.2. The molecule has 0 spiro atoms. The van der Waals surface area contributed by atoms with Gasteiger partial charge in [0.1, 0.15) is 5.82 Å². The number of hydrogen-bond donors (Lipinski definition) is 1.